The number of thioether (sulfide) groups is 1. The highest BCUT2D eigenvalue weighted by molar-refractivity contribution is 7.99. The van der Waals surface area contributed by atoms with Crippen molar-refractivity contribution in [1.82, 2.24) is 5.32 Å². The number of hydrogen-bond donors (Lipinski definition) is 1. The molecule has 112 valence electrons. The predicted molar refractivity (Wildman–Crippen MR) is 88.8 cm³/mol. The van der Waals surface area contributed by atoms with E-state index < -0.39 is 0 Å². The van der Waals surface area contributed by atoms with Crippen LogP contribution in [0.1, 0.15) is 41.1 Å². The molecule has 0 amide bonds. The maximum absolute atomic E-state index is 5.44. The number of hydrogen-bond acceptors (Lipinski definition) is 3. The molecule has 1 aromatic rings. The second-order valence-corrected chi connectivity index (χ2v) is 7.13. The first kappa shape index (κ1) is 15.9. The van der Waals surface area contributed by atoms with E-state index in [9.17, 15) is 0 Å². The lowest BCUT2D eigenvalue weighted by atomic mass is 9.95. The first-order chi connectivity index (χ1) is 9.61. The molecule has 0 bridgehead atoms. The van der Waals surface area contributed by atoms with E-state index in [1.165, 1.54) is 35.1 Å². The molecule has 0 spiro atoms. The van der Waals surface area contributed by atoms with Gasteiger partial charge in [-0.15, -0.1) is 0 Å². The fourth-order valence-corrected chi connectivity index (χ4v) is 4.45. The van der Waals surface area contributed by atoms with Gasteiger partial charge >= 0.3 is 0 Å². The lowest BCUT2D eigenvalue weighted by Gasteiger charge is -2.26. The summed E-state index contributed by atoms with van der Waals surface area (Å²) in [4.78, 5) is 0. The molecule has 0 saturated carbocycles. The third-order valence-electron chi connectivity index (χ3n) is 4.10. The van der Waals surface area contributed by atoms with Crippen LogP contribution >= 0.6 is 11.8 Å². The molecule has 2 nitrogen and oxygen atoms in total. The number of rotatable bonds is 5. The standard InChI is InChI=1S/C17H27NOS/c1-12-9-13(2)17(14(3)10-12)16(18-4)11-20-15-5-7-19-8-6-15/h9-10,15-16,18H,5-8,11H2,1-4H3. The Morgan fingerprint density at radius 2 is 1.80 bits per heavy atom. The SMILES string of the molecule is CNC(CSC1CCOCC1)c1c(C)cc(C)cc1C. The Labute approximate surface area is 127 Å². The second kappa shape index (κ2) is 7.48. The molecule has 20 heavy (non-hydrogen) atoms. The molecule has 1 N–H and O–H groups in total. The summed E-state index contributed by atoms with van der Waals surface area (Å²) in [7, 11) is 2.08. The van der Waals surface area contributed by atoms with Gasteiger partial charge in [0.2, 0.25) is 0 Å². The smallest absolute Gasteiger partial charge is 0.0476 e. The summed E-state index contributed by atoms with van der Waals surface area (Å²) in [5, 5.41) is 4.28. The van der Waals surface area contributed by atoms with Gasteiger partial charge in [-0.05, 0) is 57.4 Å². The van der Waals surface area contributed by atoms with Crippen molar-refractivity contribution in [3.05, 3.63) is 34.4 Å². The predicted octanol–water partition coefficient (Wildman–Crippen LogP) is 3.78. The summed E-state index contributed by atoms with van der Waals surface area (Å²) in [6, 6.07) is 5.04. The van der Waals surface area contributed by atoms with Crippen molar-refractivity contribution in [2.75, 3.05) is 26.0 Å². The van der Waals surface area contributed by atoms with Crippen LogP contribution in [0.3, 0.4) is 0 Å². The van der Waals surface area contributed by atoms with E-state index in [0.29, 0.717) is 6.04 Å². The Kier molecular flexibility index (Phi) is 5.94. The molecule has 1 aromatic carbocycles. The van der Waals surface area contributed by atoms with Crippen LogP contribution in [0.15, 0.2) is 12.1 Å². The van der Waals surface area contributed by atoms with Crippen molar-refractivity contribution >= 4 is 11.8 Å². The van der Waals surface area contributed by atoms with Gasteiger partial charge in [0.15, 0.2) is 0 Å². The first-order valence-corrected chi connectivity index (χ1v) is 8.61. The van der Waals surface area contributed by atoms with Crippen LogP contribution in [-0.2, 0) is 4.74 Å². The Morgan fingerprint density at radius 3 is 2.35 bits per heavy atom. The Hall–Kier alpha value is -0.510. The van der Waals surface area contributed by atoms with Crippen LogP contribution < -0.4 is 5.32 Å². The molecule has 1 heterocycles. The van der Waals surface area contributed by atoms with Crippen molar-refractivity contribution in [3.63, 3.8) is 0 Å². The van der Waals surface area contributed by atoms with Crippen molar-refractivity contribution in [2.24, 2.45) is 0 Å². The summed E-state index contributed by atoms with van der Waals surface area (Å²) < 4.78 is 5.44. The fourth-order valence-electron chi connectivity index (χ4n) is 3.13. The molecule has 1 saturated heterocycles. The van der Waals surface area contributed by atoms with Gasteiger partial charge in [0.1, 0.15) is 0 Å². The highest BCUT2D eigenvalue weighted by atomic mass is 32.2. The van der Waals surface area contributed by atoms with E-state index >= 15 is 0 Å². The molecule has 3 heteroatoms. The first-order valence-electron chi connectivity index (χ1n) is 7.56. The average molecular weight is 293 g/mol. The lowest BCUT2D eigenvalue weighted by Crippen LogP contribution is -2.24. The maximum atomic E-state index is 5.44. The molecular formula is C17H27NOS. The number of ether oxygens (including phenoxy) is 1. The van der Waals surface area contributed by atoms with Gasteiger partial charge in [-0.1, -0.05) is 17.7 Å². The van der Waals surface area contributed by atoms with Crippen molar-refractivity contribution < 1.29 is 4.74 Å². The van der Waals surface area contributed by atoms with Gasteiger partial charge in [0.25, 0.3) is 0 Å². The molecule has 0 aliphatic carbocycles. The largest absolute Gasteiger partial charge is 0.381 e. The van der Waals surface area contributed by atoms with E-state index in [2.05, 4.69) is 57.0 Å². The molecule has 0 radical (unpaired) electrons. The zero-order chi connectivity index (χ0) is 14.5. The van der Waals surface area contributed by atoms with E-state index in [-0.39, 0.29) is 0 Å². The molecule has 1 atom stereocenters. The summed E-state index contributed by atoms with van der Waals surface area (Å²) in [5.74, 6) is 1.14. The molecule has 1 aliphatic rings. The van der Waals surface area contributed by atoms with Gasteiger partial charge in [0, 0.05) is 30.3 Å². The van der Waals surface area contributed by atoms with Crippen LogP contribution in [0.5, 0.6) is 0 Å². The monoisotopic (exact) mass is 293 g/mol. The second-order valence-electron chi connectivity index (χ2n) is 5.80. The highest BCUT2D eigenvalue weighted by Gasteiger charge is 2.19. The minimum absolute atomic E-state index is 0.448. The average Bonchev–Trinajstić information content (AvgIpc) is 2.42. The maximum Gasteiger partial charge on any atom is 0.0476 e. The number of benzene rings is 1. The van der Waals surface area contributed by atoms with Crippen LogP contribution in [0.4, 0.5) is 0 Å². The van der Waals surface area contributed by atoms with E-state index in [1.807, 2.05) is 0 Å². The van der Waals surface area contributed by atoms with E-state index in [4.69, 9.17) is 4.74 Å². The Balaban J connectivity index is 2.04. The third kappa shape index (κ3) is 4.00. The molecular weight excluding hydrogens is 266 g/mol. The van der Waals surface area contributed by atoms with Crippen LogP contribution in [0.25, 0.3) is 0 Å². The van der Waals surface area contributed by atoms with Gasteiger partial charge in [-0.3, -0.25) is 0 Å². The van der Waals surface area contributed by atoms with Gasteiger partial charge < -0.3 is 10.1 Å². The Morgan fingerprint density at radius 1 is 1.20 bits per heavy atom. The fraction of sp³-hybridized carbons (Fsp3) is 0.647. The molecule has 0 aromatic heterocycles. The number of aryl methyl sites for hydroxylation is 3. The van der Waals surface area contributed by atoms with Crippen molar-refractivity contribution in [2.45, 2.75) is 44.9 Å². The third-order valence-corrected chi connectivity index (χ3v) is 5.57. The molecule has 1 fully saturated rings. The van der Waals surface area contributed by atoms with E-state index in [0.717, 1.165) is 24.2 Å². The quantitative estimate of drug-likeness (QED) is 0.892. The van der Waals surface area contributed by atoms with Crippen LogP contribution in [0, 0.1) is 20.8 Å². The molecule has 2 rings (SSSR count). The normalized spacial score (nSPS) is 18.2. The zero-order valence-corrected chi connectivity index (χ0v) is 14.0. The summed E-state index contributed by atoms with van der Waals surface area (Å²) in [6.45, 7) is 8.52. The molecule has 1 aliphatic heterocycles. The summed E-state index contributed by atoms with van der Waals surface area (Å²) in [5.41, 5.74) is 5.66. The Bertz CT molecular complexity index is 418. The van der Waals surface area contributed by atoms with Gasteiger partial charge in [-0.2, -0.15) is 11.8 Å². The topological polar surface area (TPSA) is 21.3 Å². The highest BCUT2D eigenvalue weighted by Crippen LogP contribution is 2.30. The minimum Gasteiger partial charge on any atom is -0.381 e. The van der Waals surface area contributed by atoms with Crippen molar-refractivity contribution in [3.8, 4) is 0 Å². The zero-order valence-electron chi connectivity index (χ0n) is 13.2. The van der Waals surface area contributed by atoms with Crippen molar-refractivity contribution in [1.29, 1.82) is 0 Å². The van der Waals surface area contributed by atoms with Gasteiger partial charge in [0.05, 0.1) is 0 Å². The molecule has 1 unspecified atom stereocenters. The number of nitrogens with one attached hydrogen (secondary N) is 1. The lowest BCUT2D eigenvalue weighted by molar-refractivity contribution is 0.1000. The van der Waals surface area contributed by atoms with Gasteiger partial charge in [-0.25, -0.2) is 0 Å². The minimum atomic E-state index is 0.448. The summed E-state index contributed by atoms with van der Waals surface area (Å²) in [6.07, 6.45) is 2.40. The van der Waals surface area contributed by atoms with Crippen LogP contribution in [-0.4, -0.2) is 31.3 Å². The summed E-state index contributed by atoms with van der Waals surface area (Å²) >= 11 is 2.10. The van der Waals surface area contributed by atoms with E-state index in [1.54, 1.807) is 0 Å². The van der Waals surface area contributed by atoms with Crippen LogP contribution in [0.2, 0.25) is 0 Å².